The van der Waals surface area contributed by atoms with Gasteiger partial charge in [0.2, 0.25) is 5.91 Å². The summed E-state index contributed by atoms with van der Waals surface area (Å²) in [5, 5.41) is 6.51. The van der Waals surface area contributed by atoms with Gasteiger partial charge < -0.3 is 10.6 Å². The van der Waals surface area contributed by atoms with Crippen molar-refractivity contribution < 1.29 is 9.59 Å². The number of aryl methyl sites for hydroxylation is 1. The van der Waals surface area contributed by atoms with E-state index in [1.807, 2.05) is 44.2 Å². The zero-order valence-corrected chi connectivity index (χ0v) is 14.4. The summed E-state index contributed by atoms with van der Waals surface area (Å²) in [6, 6.07) is 14.8. The van der Waals surface area contributed by atoms with Crippen LogP contribution in [0.25, 0.3) is 10.9 Å². The Morgan fingerprint density at radius 3 is 2.32 bits per heavy atom. The summed E-state index contributed by atoms with van der Waals surface area (Å²) in [6.07, 6.45) is 0. The number of benzene rings is 2. The van der Waals surface area contributed by atoms with E-state index in [1.54, 1.807) is 18.2 Å². The van der Waals surface area contributed by atoms with Gasteiger partial charge in [-0.15, -0.1) is 0 Å². The first-order valence-electron chi connectivity index (χ1n) is 8.00. The SMILES string of the molecule is CC(=O)Nc1cccc(NC(=O)c2cc(C)nc3ccccc23)c1C. The van der Waals surface area contributed by atoms with Crippen molar-refractivity contribution in [2.24, 2.45) is 0 Å². The molecule has 25 heavy (non-hydrogen) atoms. The van der Waals surface area contributed by atoms with Crippen molar-refractivity contribution >= 4 is 34.1 Å². The van der Waals surface area contributed by atoms with Crippen molar-refractivity contribution in [2.75, 3.05) is 10.6 Å². The van der Waals surface area contributed by atoms with Crippen LogP contribution in [0.4, 0.5) is 11.4 Å². The van der Waals surface area contributed by atoms with E-state index in [1.165, 1.54) is 6.92 Å². The average molecular weight is 333 g/mol. The minimum Gasteiger partial charge on any atom is -0.326 e. The van der Waals surface area contributed by atoms with E-state index >= 15 is 0 Å². The summed E-state index contributed by atoms with van der Waals surface area (Å²) < 4.78 is 0. The average Bonchev–Trinajstić information content (AvgIpc) is 2.57. The summed E-state index contributed by atoms with van der Waals surface area (Å²) in [6.45, 7) is 5.18. The Morgan fingerprint density at radius 2 is 1.60 bits per heavy atom. The maximum atomic E-state index is 12.8. The lowest BCUT2D eigenvalue weighted by Crippen LogP contribution is -2.15. The summed E-state index contributed by atoms with van der Waals surface area (Å²) in [7, 11) is 0. The van der Waals surface area contributed by atoms with Gasteiger partial charge in [-0.2, -0.15) is 0 Å². The molecule has 2 aromatic carbocycles. The topological polar surface area (TPSA) is 71.1 Å². The number of carbonyl (C=O) groups excluding carboxylic acids is 2. The second kappa shape index (κ2) is 6.73. The van der Waals surface area contributed by atoms with Gasteiger partial charge in [-0.25, -0.2) is 0 Å². The van der Waals surface area contributed by atoms with Gasteiger partial charge in [0, 0.05) is 29.4 Å². The van der Waals surface area contributed by atoms with Crippen LogP contribution in [0.2, 0.25) is 0 Å². The number of aromatic nitrogens is 1. The van der Waals surface area contributed by atoms with E-state index in [2.05, 4.69) is 15.6 Å². The molecule has 0 aliphatic carbocycles. The van der Waals surface area contributed by atoms with Gasteiger partial charge in [0.25, 0.3) is 5.91 Å². The Bertz CT molecular complexity index is 980. The number of pyridine rings is 1. The zero-order valence-electron chi connectivity index (χ0n) is 14.4. The van der Waals surface area contributed by atoms with Crippen molar-refractivity contribution in [3.63, 3.8) is 0 Å². The Kier molecular flexibility index (Phi) is 4.48. The first-order chi connectivity index (χ1) is 12.0. The highest BCUT2D eigenvalue weighted by atomic mass is 16.2. The van der Waals surface area contributed by atoms with E-state index in [0.717, 1.165) is 22.2 Å². The highest BCUT2D eigenvalue weighted by Crippen LogP contribution is 2.25. The van der Waals surface area contributed by atoms with Gasteiger partial charge in [0.1, 0.15) is 0 Å². The van der Waals surface area contributed by atoms with E-state index in [4.69, 9.17) is 0 Å². The summed E-state index contributed by atoms with van der Waals surface area (Å²) >= 11 is 0. The molecular weight excluding hydrogens is 314 g/mol. The molecule has 2 N–H and O–H groups in total. The number of amides is 2. The van der Waals surface area contributed by atoms with Crippen LogP contribution in [0.3, 0.4) is 0 Å². The number of fused-ring (bicyclic) bond motifs is 1. The zero-order chi connectivity index (χ0) is 18.0. The molecule has 1 heterocycles. The Morgan fingerprint density at radius 1 is 0.920 bits per heavy atom. The van der Waals surface area contributed by atoms with Gasteiger partial charge in [-0.1, -0.05) is 24.3 Å². The molecule has 0 saturated carbocycles. The molecule has 0 aliphatic heterocycles. The van der Waals surface area contributed by atoms with Gasteiger partial charge in [0.15, 0.2) is 0 Å². The highest BCUT2D eigenvalue weighted by molar-refractivity contribution is 6.13. The lowest BCUT2D eigenvalue weighted by atomic mass is 10.1. The number of carbonyl (C=O) groups is 2. The van der Waals surface area contributed by atoms with Crippen LogP contribution in [0.15, 0.2) is 48.5 Å². The summed E-state index contributed by atoms with van der Waals surface area (Å²) in [5.41, 5.74) is 4.30. The van der Waals surface area contributed by atoms with Crippen LogP contribution in [0, 0.1) is 13.8 Å². The molecule has 5 heteroatoms. The first kappa shape index (κ1) is 16.6. The fourth-order valence-electron chi connectivity index (χ4n) is 2.78. The van der Waals surface area contributed by atoms with Crippen molar-refractivity contribution in [1.82, 2.24) is 4.98 Å². The van der Waals surface area contributed by atoms with Crippen LogP contribution in [0.5, 0.6) is 0 Å². The number of anilines is 2. The number of para-hydroxylation sites is 1. The van der Waals surface area contributed by atoms with Gasteiger partial charge in [0.05, 0.1) is 11.1 Å². The van der Waals surface area contributed by atoms with Crippen molar-refractivity contribution in [3.05, 3.63) is 65.4 Å². The third kappa shape index (κ3) is 3.50. The predicted octanol–water partition coefficient (Wildman–Crippen LogP) is 4.06. The van der Waals surface area contributed by atoms with Crippen LogP contribution in [0.1, 0.15) is 28.5 Å². The van der Waals surface area contributed by atoms with Crippen molar-refractivity contribution in [3.8, 4) is 0 Å². The summed E-state index contributed by atoms with van der Waals surface area (Å²) in [4.78, 5) is 28.6. The molecule has 3 aromatic rings. The molecule has 0 saturated heterocycles. The second-order valence-electron chi connectivity index (χ2n) is 5.94. The van der Waals surface area contributed by atoms with E-state index in [0.29, 0.717) is 16.9 Å². The molecule has 5 nitrogen and oxygen atoms in total. The van der Waals surface area contributed by atoms with Crippen molar-refractivity contribution in [2.45, 2.75) is 20.8 Å². The maximum absolute atomic E-state index is 12.8. The van der Waals surface area contributed by atoms with Crippen LogP contribution < -0.4 is 10.6 Å². The molecule has 0 unspecified atom stereocenters. The first-order valence-corrected chi connectivity index (χ1v) is 8.00. The molecule has 0 fully saturated rings. The van der Waals surface area contributed by atoms with E-state index in [9.17, 15) is 9.59 Å². The third-order valence-corrected chi connectivity index (χ3v) is 3.98. The molecule has 0 radical (unpaired) electrons. The molecule has 2 amide bonds. The molecule has 126 valence electrons. The second-order valence-corrected chi connectivity index (χ2v) is 5.94. The van der Waals surface area contributed by atoms with E-state index in [-0.39, 0.29) is 11.8 Å². The monoisotopic (exact) mass is 333 g/mol. The predicted molar refractivity (Wildman–Crippen MR) is 99.9 cm³/mol. The Labute approximate surface area is 146 Å². The van der Waals surface area contributed by atoms with Gasteiger partial charge in [-0.05, 0) is 43.7 Å². The van der Waals surface area contributed by atoms with Crippen LogP contribution >= 0.6 is 0 Å². The van der Waals surface area contributed by atoms with Gasteiger partial charge >= 0.3 is 0 Å². The molecule has 3 rings (SSSR count). The molecule has 0 spiro atoms. The minimum atomic E-state index is -0.204. The lowest BCUT2D eigenvalue weighted by molar-refractivity contribution is -0.114. The largest absolute Gasteiger partial charge is 0.326 e. The molecule has 0 aliphatic rings. The molecule has 1 aromatic heterocycles. The third-order valence-electron chi connectivity index (χ3n) is 3.98. The van der Waals surface area contributed by atoms with E-state index < -0.39 is 0 Å². The number of hydrogen-bond donors (Lipinski definition) is 2. The highest BCUT2D eigenvalue weighted by Gasteiger charge is 2.14. The number of rotatable bonds is 3. The smallest absolute Gasteiger partial charge is 0.256 e. The Hall–Kier alpha value is -3.21. The lowest BCUT2D eigenvalue weighted by Gasteiger charge is -2.14. The standard InChI is InChI=1S/C20H19N3O2/c1-12-11-16(15-7-4-5-8-19(15)21-12)20(25)23-18-10-6-9-17(13(18)2)22-14(3)24/h4-11H,1-3H3,(H,22,24)(H,23,25). The molecular formula is C20H19N3O2. The normalized spacial score (nSPS) is 10.5. The maximum Gasteiger partial charge on any atom is 0.256 e. The van der Waals surface area contributed by atoms with Gasteiger partial charge in [-0.3, -0.25) is 14.6 Å². The fraction of sp³-hybridized carbons (Fsp3) is 0.150. The fourth-order valence-corrected chi connectivity index (χ4v) is 2.78. The summed E-state index contributed by atoms with van der Waals surface area (Å²) in [5.74, 6) is -0.355. The number of hydrogen-bond acceptors (Lipinski definition) is 3. The van der Waals surface area contributed by atoms with Crippen molar-refractivity contribution in [1.29, 1.82) is 0 Å². The molecule has 0 atom stereocenters. The Balaban J connectivity index is 1.97. The van der Waals surface area contributed by atoms with Crippen LogP contribution in [-0.4, -0.2) is 16.8 Å². The minimum absolute atomic E-state index is 0.151. The molecule has 0 bridgehead atoms. The quantitative estimate of drug-likeness (QED) is 0.759. The van der Waals surface area contributed by atoms with Crippen LogP contribution in [-0.2, 0) is 4.79 Å². The number of nitrogens with zero attached hydrogens (tertiary/aromatic N) is 1. The number of nitrogens with one attached hydrogen (secondary N) is 2.